The minimum Gasteiger partial charge on any atom is -0.316 e. The average molecular weight is 252 g/mol. The summed E-state index contributed by atoms with van der Waals surface area (Å²) in [6.45, 7) is 1.24. The van der Waals surface area contributed by atoms with E-state index in [1.165, 1.54) is 13.1 Å². The number of hydrogen-bond donors (Lipinski definition) is 0. The summed E-state index contributed by atoms with van der Waals surface area (Å²) in [5, 5.41) is 4.10. The Balaban J connectivity index is 2.03. The molecule has 0 unspecified atom stereocenters. The molecule has 96 valence electrons. The molecule has 0 saturated heterocycles. The van der Waals surface area contributed by atoms with E-state index in [4.69, 9.17) is 0 Å². The Morgan fingerprint density at radius 2 is 2.00 bits per heavy atom. The second-order valence-electron chi connectivity index (χ2n) is 3.91. The van der Waals surface area contributed by atoms with Gasteiger partial charge in [-0.25, -0.2) is 4.68 Å². The highest BCUT2D eigenvalue weighted by Gasteiger charge is 2.26. The van der Waals surface area contributed by atoms with Crippen LogP contribution in [0.4, 0.5) is 8.78 Å². The van der Waals surface area contributed by atoms with Gasteiger partial charge in [0.1, 0.15) is 0 Å². The summed E-state index contributed by atoms with van der Waals surface area (Å²) in [6.07, 6.45) is -0.200. The van der Waals surface area contributed by atoms with Gasteiger partial charge in [0.2, 0.25) is 0 Å². The predicted octanol–water partition coefficient (Wildman–Crippen LogP) is 3.39. The maximum absolute atomic E-state index is 12.9. The zero-order valence-electron chi connectivity index (χ0n) is 10.0. The first-order chi connectivity index (χ1) is 8.61. The molecule has 1 heterocycles. The number of benzene rings is 1. The molecule has 2 rings (SSSR count). The van der Waals surface area contributed by atoms with Crippen molar-refractivity contribution >= 4 is 0 Å². The Hall–Kier alpha value is -1.75. The summed E-state index contributed by atoms with van der Waals surface area (Å²) >= 11 is 0. The number of rotatable bonds is 5. The van der Waals surface area contributed by atoms with Crippen molar-refractivity contribution in [3.8, 4) is 5.69 Å². The highest BCUT2D eigenvalue weighted by molar-refractivity contribution is 5.30. The van der Waals surface area contributed by atoms with Crippen LogP contribution >= 0.6 is 0 Å². The number of para-hydroxylation sites is 1. The molecular weight excluding hydrogens is 238 g/mol. The Labute approximate surface area is 104 Å². The Morgan fingerprint density at radius 1 is 1.28 bits per heavy atom. The molecular formula is C13H14F2N2O. The average Bonchev–Trinajstić information content (AvgIpc) is 2.86. The normalized spacial score (nSPS) is 11.7. The summed E-state index contributed by atoms with van der Waals surface area (Å²) in [4.78, 5) is 0. The van der Waals surface area contributed by atoms with Gasteiger partial charge in [-0.1, -0.05) is 25.1 Å². The quantitative estimate of drug-likeness (QED) is 0.815. The highest BCUT2D eigenvalue weighted by atomic mass is 19.3. The van der Waals surface area contributed by atoms with Crippen LogP contribution in [0.2, 0.25) is 0 Å². The standard InChI is InChI=1S/C13H14F2N2O/c1-2-13(14,15)18-10-11-8-16-17(9-11)12-6-4-3-5-7-12/h3-9H,2,10H2,1H3. The molecule has 0 atom stereocenters. The van der Waals surface area contributed by atoms with Gasteiger partial charge in [-0.15, -0.1) is 0 Å². The second-order valence-corrected chi connectivity index (χ2v) is 3.91. The number of aromatic nitrogens is 2. The fourth-order valence-corrected chi connectivity index (χ4v) is 1.45. The Bertz CT molecular complexity index is 497. The Morgan fingerprint density at radius 3 is 2.67 bits per heavy atom. The molecule has 0 aliphatic carbocycles. The summed E-state index contributed by atoms with van der Waals surface area (Å²) in [6, 6.07) is 9.45. The molecule has 0 N–H and O–H groups in total. The van der Waals surface area contributed by atoms with Crippen molar-refractivity contribution in [3.05, 3.63) is 48.3 Å². The smallest absolute Gasteiger partial charge is 0.316 e. The molecule has 3 nitrogen and oxygen atoms in total. The third-order valence-corrected chi connectivity index (χ3v) is 2.52. The van der Waals surface area contributed by atoms with Crippen LogP contribution in [0.1, 0.15) is 18.9 Å². The molecule has 0 spiro atoms. The van der Waals surface area contributed by atoms with E-state index in [1.54, 1.807) is 10.9 Å². The lowest BCUT2D eigenvalue weighted by molar-refractivity contribution is -0.246. The predicted molar refractivity (Wildman–Crippen MR) is 63.6 cm³/mol. The first-order valence-electron chi connectivity index (χ1n) is 5.71. The van der Waals surface area contributed by atoms with Crippen molar-refractivity contribution in [2.24, 2.45) is 0 Å². The molecule has 5 heteroatoms. The number of ether oxygens (including phenoxy) is 1. The second kappa shape index (κ2) is 5.27. The first kappa shape index (κ1) is 12.7. The lowest BCUT2D eigenvalue weighted by atomic mass is 10.3. The zero-order chi connectivity index (χ0) is 13.0. The van der Waals surface area contributed by atoms with Gasteiger partial charge in [0.05, 0.1) is 18.5 Å². The van der Waals surface area contributed by atoms with Crippen molar-refractivity contribution in [3.63, 3.8) is 0 Å². The van der Waals surface area contributed by atoms with Crippen molar-refractivity contribution in [1.29, 1.82) is 0 Å². The molecule has 2 aromatic rings. The molecule has 1 aromatic heterocycles. The molecule has 0 amide bonds. The van der Waals surface area contributed by atoms with Gasteiger partial charge in [-0.3, -0.25) is 0 Å². The fourth-order valence-electron chi connectivity index (χ4n) is 1.45. The molecule has 1 aromatic carbocycles. The molecule has 0 bridgehead atoms. The number of alkyl halides is 2. The van der Waals surface area contributed by atoms with Gasteiger partial charge >= 0.3 is 6.11 Å². The summed E-state index contributed by atoms with van der Waals surface area (Å²) in [7, 11) is 0. The van der Waals surface area contributed by atoms with Gasteiger partial charge in [-0.05, 0) is 12.1 Å². The van der Waals surface area contributed by atoms with E-state index in [0.717, 1.165) is 5.69 Å². The minimum absolute atomic E-state index is 0.145. The molecule has 0 aliphatic rings. The third-order valence-electron chi connectivity index (χ3n) is 2.52. The first-order valence-corrected chi connectivity index (χ1v) is 5.71. The molecule has 0 aliphatic heterocycles. The van der Waals surface area contributed by atoms with Gasteiger partial charge in [-0.2, -0.15) is 13.9 Å². The largest absolute Gasteiger partial charge is 0.355 e. The summed E-state index contributed by atoms with van der Waals surface area (Å²) < 4.78 is 32.0. The summed E-state index contributed by atoms with van der Waals surface area (Å²) in [5.41, 5.74) is 1.50. The van der Waals surface area contributed by atoms with E-state index in [-0.39, 0.29) is 13.0 Å². The van der Waals surface area contributed by atoms with Crippen LogP contribution in [0.5, 0.6) is 0 Å². The van der Waals surface area contributed by atoms with Crippen LogP contribution in [0.3, 0.4) is 0 Å². The number of halogens is 2. The van der Waals surface area contributed by atoms with Gasteiger partial charge in [0.15, 0.2) is 0 Å². The fraction of sp³-hybridized carbons (Fsp3) is 0.308. The SMILES string of the molecule is CCC(F)(F)OCc1cnn(-c2ccccc2)c1. The van der Waals surface area contributed by atoms with E-state index >= 15 is 0 Å². The van der Waals surface area contributed by atoms with E-state index in [9.17, 15) is 8.78 Å². The van der Waals surface area contributed by atoms with Gasteiger partial charge in [0, 0.05) is 18.2 Å². The maximum atomic E-state index is 12.9. The lowest BCUT2D eigenvalue weighted by Gasteiger charge is -2.13. The molecule has 0 radical (unpaired) electrons. The lowest BCUT2D eigenvalue weighted by Crippen LogP contribution is -2.18. The van der Waals surface area contributed by atoms with Crippen molar-refractivity contribution in [2.45, 2.75) is 26.1 Å². The van der Waals surface area contributed by atoms with E-state index in [0.29, 0.717) is 5.56 Å². The molecule has 18 heavy (non-hydrogen) atoms. The number of nitrogens with zero attached hydrogens (tertiary/aromatic N) is 2. The van der Waals surface area contributed by atoms with Crippen LogP contribution in [0.25, 0.3) is 5.69 Å². The van der Waals surface area contributed by atoms with Crippen molar-refractivity contribution < 1.29 is 13.5 Å². The van der Waals surface area contributed by atoms with E-state index in [1.807, 2.05) is 30.3 Å². The monoisotopic (exact) mass is 252 g/mol. The van der Waals surface area contributed by atoms with Crippen molar-refractivity contribution in [2.75, 3.05) is 0 Å². The van der Waals surface area contributed by atoms with E-state index in [2.05, 4.69) is 9.84 Å². The van der Waals surface area contributed by atoms with Gasteiger partial charge in [0.25, 0.3) is 0 Å². The highest BCUT2D eigenvalue weighted by Crippen LogP contribution is 2.21. The van der Waals surface area contributed by atoms with Crippen LogP contribution in [0, 0.1) is 0 Å². The maximum Gasteiger partial charge on any atom is 0.355 e. The number of hydrogen-bond acceptors (Lipinski definition) is 2. The van der Waals surface area contributed by atoms with E-state index < -0.39 is 6.11 Å². The van der Waals surface area contributed by atoms with Gasteiger partial charge < -0.3 is 4.74 Å². The van der Waals surface area contributed by atoms with Crippen LogP contribution < -0.4 is 0 Å². The van der Waals surface area contributed by atoms with Crippen LogP contribution in [-0.4, -0.2) is 15.9 Å². The molecule has 0 fully saturated rings. The topological polar surface area (TPSA) is 27.1 Å². The zero-order valence-corrected chi connectivity index (χ0v) is 10.0. The third kappa shape index (κ3) is 3.13. The van der Waals surface area contributed by atoms with Crippen LogP contribution in [0.15, 0.2) is 42.7 Å². The van der Waals surface area contributed by atoms with Crippen LogP contribution in [-0.2, 0) is 11.3 Å². The van der Waals surface area contributed by atoms with Crippen molar-refractivity contribution in [1.82, 2.24) is 9.78 Å². The summed E-state index contributed by atoms with van der Waals surface area (Å²) in [5.74, 6) is 0. The molecule has 0 saturated carbocycles. The Kier molecular flexibility index (Phi) is 3.72. The minimum atomic E-state index is -3.07.